The molecule has 1 aromatic carbocycles. The van der Waals surface area contributed by atoms with Crippen molar-refractivity contribution in [2.45, 2.75) is 6.42 Å². The summed E-state index contributed by atoms with van der Waals surface area (Å²) in [6.45, 7) is 1.37. The molecule has 0 unspecified atom stereocenters. The van der Waals surface area contributed by atoms with Crippen LogP contribution in [0.5, 0.6) is 5.75 Å². The molecule has 4 aromatic rings. The molecule has 1 fully saturated rings. The van der Waals surface area contributed by atoms with Crippen LogP contribution in [0.3, 0.4) is 0 Å². The van der Waals surface area contributed by atoms with E-state index in [-0.39, 0.29) is 5.92 Å². The number of nitrogens with zero attached hydrogens (tertiary/aromatic N) is 7. The Bertz CT molecular complexity index is 1300. The molecule has 0 amide bonds. The van der Waals surface area contributed by atoms with E-state index in [9.17, 15) is 0 Å². The number of fused-ring (bicyclic) bond motifs is 1. The zero-order valence-electron chi connectivity index (χ0n) is 17.4. The van der Waals surface area contributed by atoms with Crippen LogP contribution in [0.15, 0.2) is 49.1 Å². The molecule has 4 heterocycles. The molecule has 0 saturated carbocycles. The minimum absolute atomic E-state index is 0.0564. The van der Waals surface area contributed by atoms with Crippen LogP contribution in [-0.4, -0.2) is 44.9 Å². The maximum atomic E-state index is 9.08. The molecule has 8 heteroatoms. The Morgan fingerprint density at radius 2 is 2.03 bits per heavy atom. The Morgan fingerprint density at radius 3 is 2.77 bits per heavy atom. The van der Waals surface area contributed by atoms with E-state index >= 15 is 0 Å². The lowest BCUT2D eigenvalue weighted by atomic mass is 10.0. The number of hydrogen-bond donors (Lipinski definition) is 0. The number of benzene rings is 1. The second-order valence-corrected chi connectivity index (χ2v) is 7.70. The standard InChI is InChI=1S/C23H21N7O/c1-29-14-19(11-27-29)16-3-4-17(20(7-16)31-2)8-21-26-10-18-5-6-25-23(22(18)28-21)30-12-15(9-24)13-30/h3-7,10-11,14-15H,8,12-13H2,1-2H3. The van der Waals surface area contributed by atoms with Crippen LogP contribution in [0.25, 0.3) is 22.0 Å². The van der Waals surface area contributed by atoms with Crippen molar-refractivity contribution in [1.29, 1.82) is 5.26 Å². The van der Waals surface area contributed by atoms with Gasteiger partial charge in [-0.15, -0.1) is 0 Å². The van der Waals surface area contributed by atoms with Gasteiger partial charge >= 0.3 is 0 Å². The molecule has 31 heavy (non-hydrogen) atoms. The molecule has 5 rings (SSSR count). The maximum Gasteiger partial charge on any atom is 0.155 e. The quantitative estimate of drug-likeness (QED) is 0.498. The second kappa shape index (κ2) is 7.69. The predicted octanol–water partition coefficient (Wildman–Crippen LogP) is 2.98. The molecule has 8 nitrogen and oxygen atoms in total. The molecular formula is C23H21N7O. The van der Waals surface area contributed by atoms with Gasteiger partial charge in [-0.2, -0.15) is 10.4 Å². The fourth-order valence-electron chi connectivity index (χ4n) is 3.84. The fourth-order valence-corrected chi connectivity index (χ4v) is 3.84. The van der Waals surface area contributed by atoms with Crippen molar-refractivity contribution in [2.24, 2.45) is 13.0 Å². The normalized spacial score (nSPS) is 13.8. The first-order valence-electron chi connectivity index (χ1n) is 10.1. The Morgan fingerprint density at radius 1 is 1.16 bits per heavy atom. The van der Waals surface area contributed by atoms with Gasteiger partial charge in [0, 0.05) is 61.7 Å². The van der Waals surface area contributed by atoms with Crippen molar-refractivity contribution in [3.05, 3.63) is 60.4 Å². The van der Waals surface area contributed by atoms with Gasteiger partial charge in [-0.25, -0.2) is 15.0 Å². The number of anilines is 1. The van der Waals surface area contributed by atoms with Crippen molar-refractivity contribution in [3.63, 3.8) is 0 Å². The van der Waals surface area contributed by atoms with Gasteiger partial charge in [0.1, 0.15) is 17.1 Å². The summed E-state index contributed by atoms with van der Waals surface area (Å²) < 4.78 is 7.43. The third-order valence-electron chi connectivity index (χ3n) is 5.57. The number of aryl methyl sites for hydroxylation is 1. The van der Waals surface area contributed by atoms with Gasteiger partial charge in [0.2, 0.25) is 0 Å². The molecule has 154 valence electrons. The molecule has 3 aromatic heterocycles. The van der Waals surface area contributed by atoms with Gasteiger partial charge in [0.25, 0.3) is 0 Å². The van der Waals surface area contributed by atoms with Gasteiger partial charge in [-0.3, -0.25) is 4.68 Å². The molecule has 0 radical (unpaired) electrons. The van der Waals surface area contributed by atoms with E-state index in [0.29, 0.717) is 25.3 Å². The highest BCUT2D eigenvalue weighted by molar-refractivity contribution is 5.88. The van der Waals surface area contributed by atoms with Gasteiger partial charge in [-0.1, -0.05) is 12.1 Å². The molecule has 0 spiro atoms. The molecule has 1 aliphatic rings. The van der Waals surface area contributed by atoms with Crippen molar-refractivity contribution >= 4 is 16.7 Å². The minimum Gasteiger partial charge on any atom is -0.496 e. The molecule has 1 aliphatic heterocycles. The Kier molecular flexibility index (Phi) is 4.71. The molecule has 0 bridgehead atoms. The Labute approximate surface area is 179 Å². The van der Waals surface area contributed by atoms with Crippen molar-refractivity contribution < 1.29 is 4.74 Å². The SMILES string of the molecule is COc1cc(-c2cnn(C)c2)ccc1Cc1ncc2ccnc(N3CC(C#N)C3)c2n1. The van der Waals surface area contributed by atoms with Gasteiger partial charge in [-0.05, 0) is 17.7 Å². The highest BCUT2D eigenvalue weighted by Crippen LogP contribution is 2.30. The van der Waals surface area contributed by atoms with Crippen LogP contribution in [0.4, 0.5) is 5.82 Å². The zero-order chi connectivity index (χ0) is 21.4. The highest BCUT2D eigenvalue weighted by atomic mass is 16.5. The number of rotatable bonds is 5. The summed E-state index contributed by atoms with van der Waals surface area (Å²) in [5, 5.41) is 14.3. The average Bonchev–Trinajstić information content (AvgIpc) is 3.20. The van der Waals surface area contributed by atoms with Crippen LogP contribution in [-0.2, 0) is 13.5 Å². The first kappa shape index (κ1) is 19.0. The summed E-state index contributed by atoms with van der Waals surface area (Å²) in [6.07, 6.45) is 7.95. The Hall–Kier alpha value is -3.99. The van der Waals surface area contributed by atoms with E-state index in [0.717, 1.165) is 39.2 Å². The third-order valence-corrected chi connectivity index (χ3v) is 5.57. The predicted molar refractivity (Wildman–Crippen MR) is 117 cm³/mol. The van der Waals surface area contributed by atoms with Crippen molar-refractivity contribution in [1.82, 2.24) is 24.7 Å². The summed E-state index contributed by atoms with van der Waals surface area (Å²) in [4.78, 5) is 16.0. The van der Waals surface area contributed by atoms with Crippen molar-refractivity contribution in [3.8, 4) is 22.9 Å². The van der Waals surface area contributed by atoms with E-state index < -0.39 is 0 Å². The van der Waals surface area contributed by atoms with Crippen molar-refractivity contribution in [2.75, 3.05) is 25.1 Å². The van der Waals surface area contributed by atoms with E-state index in [1.54, 1.807) is 18.0 Å². The molecule has 0 N–H and O–H groups in total. The van der Waals surface area contributed by atoms with Crippen LogP contribution >= 0.6 is 0 Å². The summed E-state index contributed by atoms with van der Waals surface area (Å²) in [5.74, 6) is 2.36. The smallest absolute Gasteiger partial charge is 0.155 e. The lowest BCUT2D eigenvalue weighted by Gasteiger charge is -2.36. The number of ether oxygens (including phenoxy) is 1. The maximum absolute atomic E-state index is 9.08. The van der Waals surface area contributed by atoms with Crippen LogP contribution < -0.4 is 9.64 Å². The highest BCUT2D eigenvalue weighted by Gasteiger charge is 2.29. The van der Waals surface area contributed by atoms with E-state index in [1.807, 2.05) is 43.8 Å². The van der Waals surface area contributed by atoms with Crippen LogP contribution in [0.2, 0.25) is 0 Å². The van der Waals surface area contributed by atoms with E-state index in [2.05, 4.69) is 32.1 Å². The summed E-state index contributed by atoms with van der Waals surface area (Å²) in [5.41, 5.74) is 3.91. The first-order chi connectivity index (χ1) is 15.1. The topological polar surface area (TPSA) is 92.8 Å². The molecule has 0 atom stereocenters. The monoisotopic (exact) mass is 411 g/mol. The average molecular weight is 411 g/mol. The first-order valence-corrected chi connectivity index (χ1v) is 10.1. The van der Waals surface area contributed by atoms with Crippen LogP contribution in [0.1, 0.15) is 11.4 Å². The Balaban J connectivity index is 1.46. The third kappa shape index (κ3) is 3.55. The van der Waals surface area contributed by atoms with E-state index in [4.69, 9.17) is 15.0 Å². The zero-order valence-corrected chi connectivity index (χ0v) is 17.4. The summed E-state index contributed by atoms with van der Waals surface area (Å²) in [6, 6.07) is 10.3. The number of pyridine rings is 1. The lowest BCUT2D eigenvalue weighted by Crippen LogP contribution is -2.46. The fraction of sp³-hybridized carbons (Fsp3) is 0.261. The van der Waals surface area contributed by atoms with Gasteiger partial charge < -0.3 is 9.64 Å². The molecular weight excluding hydrogens is 390 g/mol. The second-order valence-electron chi connectivity index (χ2n) is 7.70. The lowest BCUT2D eigenvalue weighted by molar-refractivity contribution is 0.410. The molecule has 0 aliphatic carbocycles. The minimum atomic E-state index is 0.0564. The van der Waals surface area contributed by atoms with Gasteiger partial charge in [0.15, 0.2) is 5.82 Å². The number of hydrogen-bond acceptors (Lipinski definition) is 7. The molecule has 1 saturated heterocycles. The van der Waals surface area contributed by atoms with Gasteiger partial charge in [0.05, 0.1) is 25.3 Å². The summed E-state index contributed by atoms with van der Waals surface area (Å²) >= 11 is 0. The van der Waals surface area contributed by atoms with E-state index in [1.165, 1.54) is 0 Å². The number of nitriles is 1. The largest absolute Gasteiger partial charge is 0.496 e. The number of methoxy groups -OCH3 is 1. The van der Waals surface area contributed by atoms with Crippen LogP contribution in [0, 0.1) is 17.2 Å². The summed E-state index contributed by atoms with van der Waals surface area (Å²) in [7, 11) is 3.57. The number of aromatic nitrogens is 5.